The molecule has 1 amide bonds. The predicted molar refractivity (Wildman–Crippen MR) is 115 cm³/mol. The summed E-state index contributed by atoms with van der Waals surface area (Å²) in [4.78, 5) is 12.0. The number of carbonyl (C=O) groups excluding carboxylic acids is 1. The van der Waals surface area contributed by atoms with Gasteiger partial charge in [0.25, 0.3) is 0 Å². The highest BCUT2D eigenvalue weighted by molar-refractivity contribution is 7.89. The first kappa shape index (κ1) is 22.6. The Kier molecular flexibility index (Phi) is 6.87. The molecule has 7 nitrogen and oxygen atoms in total. The first-order valence-electron chi connectivity index (χ1n) is 9.80. The SMILES string of the molecule is Cc1nn(Cc2ccccc2)c(C)c1CNC(=O)[C@@H](C)NS(=O)(=O)c1ccccc1F. The van der Waals surface area contributed by atoms with E-state index in [9.17, 15) is 17.6 Å². The zero-order valence-corrected chi connectivity index (χ0v) is 18.4. The van der Waals surface area contributed by atoms with Gasteiger partial charge in [-0.15, -0.1) is 0 Å². The van der Waals surface area contributed by atoms with E-state index in [0.29, 0.717) is 6.54 Å². The number of hydrogen-bond donors (Lipinski definition) is 2. The molecule has 1 aromatic heterocycles. The van der Waals surface area contributed by atoms with Crippen LogP contribution in [0.1, 0.15) is 29.4 Å². The van der Waals surface area contributed by atoms with Crippen molar-refractivity contribution < 1.29 is 17.6 Å². The summed E-state index contributed by atoms with van der Waals surface area (Å²) in [6.07, 6.45) is 0. The summed E-state index contributed by atoms with van der Waals surface area (Å²) in [7, 11) is -4.17. The average molecular weight is 445 g/mol. The smallest absolute Gasteiger partial charge is 0.244 e. The minimum absolute atomic E-state index is 0.205. The van der Waals surface area contributed by atoms with Crippen LogP contribution in [-0.4, -0.2) is 30.1 Å². The maximum absolute atomic E-state index is 13.8. The number of nitrogens with one attached hydrogen (secondary N) is 2. The number of aryl methyl sites for hydroxylation is 1. The molecule has 31 heavy (non-hydrogen) atoms. The van der Waals surface area contributed by atoms with Crippen LogP contribution in [0.15, 0.2) is 59.5 Å². The van der Waals surface area contributed by atoms with Gasteiger partial charge in [-0.2, -0.15) is 9.82 Å². The summed E-state index contributed by atoms with van der Waals surface area (Å²) in [5, 5.41) is 7.28. The van der Waals surface area contributed by atoms with Gasteiger partial charge in [-0.05, 0) is 38.5 Å². The zero-order valence-electron chi connectivity index (χ0n) is 17.6. The highest BCUT2D eigenvalue weighted by Gasteiger charge is 2.24. The second-order valence-corrected chi connectivity index (χ2v) is 8.97. The van der Waals surface area contributed by atoms with Crippen molar-refractivity contribution in [2.45, 2.75) is 44.8 Å². The maximum atomic E-state index is 13.8. The standard InChI is InChI=1S/C22H25FN4O3S/c1-15-19(17(3)27(25-15)14-18-9-5-4-6-10-18)13-24-22(28)16(2)26-31(29,30)21-12-8-7-11-20(21)23/h4-12,16,26H,13-14H2,1-3H3,(H,24,28)/t16-/m1/s1. The monoisotopic (exact) mass is 444 g/mol. The Balaban J connectivity index is 1.64. The number of hydrogen-bond acceptors (Lipinski definition) is 4. The number of nitrogens with zero attached hydrogens (tertiary/aromatic N) is 2. The highest BCUT2D eigenvalue weighted by atomic mass is 32.2. The first-order valence-corrected chi connectivity index (χ1v) is 11.3. The van der Waals surface area contributed by atoms with Crippen LogP contribution in [0.25, 0.3) is 0 Å². The predicted octanol–water partition coefficient (Wildman–Crippen LogP) is 2.67. The highest BCUT2D eigenvalue weighted by Crippen LogP contribution is 2.16. The number of benzene rings is 2. The van der Waals surface area contributed by atoms with E-state index in [1.54, 1.807) is 0 Å². The lowest BCUT2D eigenvalue weighted by Crippen LogP contribution is -2.44. The van der Waals surface area contributed by atoms with Gasteiger partial charge in [-0.1, -0.05) is 42.5 Å². The van der Waals surface area contributed by atoms with Crippen molar-refractivity contribution in [2.75, 3.05) is 0 Å². The van der Waals surface area contributed by atoms with E-state index in [2.05, 4.69) is 15.1 Å². The van der Waals surface area contributed by atoms with Crippen LogP contribution < -0.4 is 10.0 Å². The summed E-state index contributed by atoms with van der Waals surface area (Å²) in [5.74, 6) is -1.39. The Hall–Kier alpha value is -3.04. The fourth-order valence-electron chi connectivity index (χ4n) is 3.24. The van der Waals surface area contributed by atoms with E-state index >= 15 is 0 Å². The molecule has 0 fully saturated rings. The Labute approximate surface area is 181 Å². The molecule has 2 N–H and O–H groups in total. The lowest BCUT2D eigenvalue weighted by atomic mass is 10.2. The van der Waals surface area contributed by atoms with Crippen molar-refractivity contribution in [2.24, 2.45) is 0 Å². The number of rotatable bonds is 8. The minimum atomic E-state index is -4.17. The van der Waals surface area contributed by atoms with Crippen LogP contribution in [0.3, 0.4) is 0 Å². The second-order valence-electron chi connectivity index (χ2n) is 7.28. The van der Waals surface area contributed by atoms with Gasteiger partial charge in [0.05, 0.1) is 18.3 Å². The molecule has 164 valence electrons. The van der Waals surface area contributed by atoms with Crippen molar-refractivity contribution >= 4 is 15.9 Å². The summed E-state index contributed by atoms with van der Waals surface area (Å²) < 4.78 is 42.7. The van der Waals surface area contributed by atoms with Gasteiger partial charge >= 0.3 is 0 Å². The van der Waals surface area contributed by atoms with E-state index in [1.165, 1.54) is 19.1 Å². The molecule has 1 atom stereocenters. The molecule has 0 saturated heterocycles. The molecule has 2 aromatic carbocycles. The van der Waals surface area contributed by atoms with Crippen LogP contribution in [0, 0.1) is 19.7 Å². The number of halogens is 1. The molecule has 1 heterocycles. The van der Waals surface area contributed by atoms with Crippen LogP contribution >= 0.6 is 0 Å². The first-order chi connectivity index (χ1) is 14.7. The Morgan fingerprint density at radius 1 is 1.10 bits per heavy atom. The Morgan fingerprint density at radius 2 is 1.74 bits per heavy atom. The summed E-state index contributed by atoms with van der Waals surface area (Å²) in [6, 6.07) is 13.8. The molecular formula is C22H25FN4O3S. The quantitative estimate of drug-likeness (QED) is 0.559. The molecule has 0 aliphatic rings. The van der Waals surface area contributed by atoms with Crippen molar-refractivity contribution in [3.63, 3.8) is 0 Å². The molecule has 9 heteroatoms. The van der Waals surface area contributed by atoms with Crippen molar-refractivity contribution in [1.29, 1.82) is 0 Å². The third-order valence-electron chi connectivity index (χ3n) is 5.00. The topological polar surface area (TPSA) is 93.1 Å². The van der Waals surface area contributed by atoms with Crippen LogP contribution in [0.2, 0.25) is 0 Å². The fourth-order valence-corrected chi connectivity index (χ4v) is 4.52. The van der Waals surface area contributed by atoms with E-state index in [-0.39, 0.29) is 6.54 Å². The van der Waals surface area contributed by atoms with E-state index in [0.717, 1.165) is 34.6 Å². The Morgan fingerprint density at radius 3 is 2.42 bits per heavy atom. The molecule has 3 aromatic rings. The number of carbonyl (C=O) groups is 1. The summed E-state index contributed by atoms with van der Waals surface area (Å²) in [6.45, 7) is 6.01. The number of sulfonamides is 1. The lowest BCUT2D eigenvalue weighted by Gasteiger charge is -2.15. The van der Waals surface area contributed by atoms with Gasteiger partial charge < -0.3 is 5.32 Å². The third kappa shape index (κ3) is 5.36. The van der Waals surface area contributed by atoms with Gasteiger partial charge in [0.2, 0.25) is 15.9 Å². The fraction of sp³-hybridized carbons (Fsp3) is 0.273. The lowest BCUT2D eigenvalue weighted by molar-refractivity contribution is -0.122. The molecule has 0 bridgehead atoms. The van der Waals surface area contributed by atoms with E-state index < -0.39 is 32.7 Å². The minimum Gasteiger partial charge on any atom is -0.351 e. The number of aromatic nitrogens is 2. The third-order valence-corrected chi connectivity index (χ3v) is 6.57. The molecule has 0 aliphatic heterocycles. The van der Waals surface area contributed by atoms with Crippen molar-refractivity contribution in [1.82, 2.24) is 19.8 Å². The second kappa shape index (κ2) is 9.40. The van der Waals surface area contributed by atoms with Crippen molar-refractivity contribution in [3.8, 4) is 0 Å². The van der Waals surface area contributed by atoms with E-state index in [1.807, 2.05) is 48.9 Å². The molecule has 3 rings (SSSR count). The molecule has 0 spiro atoms. The Bertz CT molecular complexity index is 1180. The van der Waals surface area contributed by atoms with E-state index in [4.69, 9.17) is 0 Å². The largest absolute Gasteiger partial charge is 0.351 e. The van der Waals surface area contributed by atoms with Crippen molar-refractivity contribution in [3.05, 3.63) is 82.9 Å². The maximum Gasteiger partial charge on any atom is 0.244 e. The van der Waals surface area contributed by atoms with Gasteiger partial charge in [0, 0.05) is 17.8 Å². The summed E-state index contributed by atoms with van der Waals surface area (Å²) in [5.41, 5.74) is 3.68. The molecule has 0 saturated carbocycles. The molecule has 0 radical (unpaired) electrons. The van der Waals surface area contributed by atoms with Gasteiger partial charge in [-0.3, -0.25) is 9.48 Å². The van der Waals surface area contributed by atoms with Gasteiger partial charge in [-0.25, -0.2) is 12.8 Å². The van der Waals surface area contributed by atoms with Crippen LogP contribution in [0.4, 0.5) is 4.39 Å². The average Bonchev–Trinajstić information content (AvgIpc) is 2.99. The molecular weight excluding hydrogens is 419 g/mol. The number of amides is 1. The molecule has 0 unspecified atom stereocenters. The zero-order chi connectivity index (χ0) is 22.6. The van der Waals surface area contributed by atoms with Gasteiger partial charge in [0.1, 0.15) is 10.7 Å². The van der Waals surface area contributed by atoms with Crippen LogP contribution in [-0.2, 0) is 27.9 Å². The van der Waals surface area contributed by atoms with Gasteiger partial charge in [0.15, 0.2) is 0 Å². The molecule has 0 aliphatic carbocycles. The van der Waals surface area contributed by atoms with Crippen LogP contribution in [0.5, 0.6) is 0 Å². The normalized spacial score (nSPS) is 12.5. The summed E-state index contributed by atoms with van der Waals surface area (Å²) >= 11 is 0.